The SMILES string of the molecule is COCCOCCOCCOc1cc(C(=O)OC)cc(OCCOCCOCCOC)c1O. The van der Waals surface area contributed by atoms with E-state index in [1.165, 1.54) is 19.2 Å². The molecule has 33 heavy (non-hydrogen) atoms. The van der Waals surface area contributed by atoms with E-state index in [1.807, 2.05) is 0 Å². The highest BCUT2D eigenvalue weighted by molar-refractivity contribution is 5.91. The molecule has 0 aromatic heterocycles. The number of carbonyl (C=O) groups is 1. The van der Waals surface area contributed by atoms with Crippen LogP contribution in [0.15, 0.2) is 12.1 Å². The number of esters is 1. The Balaban J connectivity index is 2.44. The predicted molar refractivity (Wildman–Crippen MR) is 117 cm³/mol. The molecule has 11 heteroatoms. The van der Waals surface area contributed by atoms with Crippen molar-refractivity contribution >= 4 is 5.97 Å². The van der Waals surface area contributed by atoms with Gasteiger partial charge in [0.2, 0.25) is 5.75 Å². The first-order chi connectivity index (χ1) is 16.1. The lowest BCUT2D eigenvalue weighted by Crippen LogP contribution is -2.13. The lowest BCUT2D eigenvalue weighted by Gasteiger charge is -2.14. The molecule has 0 spiro atoms. The Bertz CT molecular complexity index is 596. The molecule has 0 amide bonds. The molecule has 190 valence electrons. The fourth-order valence-corrected chi connectivity index (χ4v) is 2.39. The number of rotatable bonds is 21. The van der Waals surface area contributed by atoms with Gasteiger partial charge < -0.3 is 47.7 Å². The molecule has 1 N–H and O–H groups in total. The molecular weight excluding hydrogens is 440 g/mol. The monoisotopic (exact) mass is 476 g/mol. The van der Waals surface area contributed by atoms with Gasteiger partial charge in [0.15, 0.2) is 11.5 Å². The largest absolute Gasteiger partial charge is 0.502 e. The van der Waals surface area contributed by atoms with Crippen LogP contribution in [-0.4, -0.2) is 112 Å². The Morgan fingerprint density at radius 2 is 1.00 bits per heavy atom. The maximum absolute atomic E-state index is 12.0. The molecule has 0 saturated heterocycles. The summed E-state index contributed by atoms with van der Waals surface area (Å²) in [7, 11) is 4.48. The molecule has 0 aliphatic carbocycles. The normalized spacial score (nSPS) is 10.9. The van der Waals surface area contributed by atoms with Gasteiger partial charge in [-0.2, -0.15) is 0 Å². The second kappa shape index (κ2) is 19.3. The molecular formula is C22H36O11. The Morgan fingerprint density at radius 1 is 0.636 bits per heavy atom. The van der Waals surface area contributed by atoms with Crippen LogP contribution in [0.25, 0.3) is 0 Å². The van der Waals surface area contributed by atoms with E-state index in [1.54, 1.807) is 14.2 Å². The highest BCUT2D eigenvalue weighted by Crippen LogP contribution is 2.37. The molecule has 0 fully saturated rings. The van der Waals surface area contributed by atoms with Crippen molar-refractivity contribution in [1.29, 1.82) is 0 Å². The van der Waals surface area contributed by atoms with E-state index < -0.39 is 5.97 Å². The van der Waals surface area contributed by atoms with Gasteiger partial charge in [-0.3, -0.25) is 0 Å². The Hall–Kier alpha value is -2.15. The van der Waals surface area contributed by atoms with Gasteiger partial charge in [0.1, 0.15) is 13.2 Å². The summed E-state index contributed by atoms with van der Waals surface area (Å²) in [5.74, 6) is -0.646. The molecule has 0 aliphatic rings. The quantitative estimate of drug-likeness (QED) is 0.204. The van der Waals surface area contributed by atoms with Crippen LogP contribution in [0, 0.1) is 0 Å². The lowest BCUT2D eigenvalue weighted by atomic mass is 10.2. The molecule has 1 rings (SSSR count). The first kappa shape index (κ1) is 28.9. The minimum Gasteiger partial charge on any atom is -0.502 e. The molecule has 0 saturated carbocycles. The number of phenols is 1. The molecule has 0 heterocycles. The van der Waals surface area contributed by atoms with Crippen molar-refractivity contribution in [3.8, 4) is 17.2 Å². The van der Waals surface area contributed by atoms with Crippen molar-refractivity contribution in [2.75, 3.05) is 101 Å². The van der Waals surface area contributed by atoms with Crippen LogP contribution in [0.4, 0.5) is 0 Å². The zero-order chi connectivity index (χ0) is 24.2. The van der Waals surface area contributed by atoms with Crippen LogP contribution in [0.2, 0.25) is 0 Å². The third kappa shape index (κ3) is 13.2. The van der Waals surface area contributed by atoms with Crippen LogP contribution in [0.5, 0.6) is 17.2 Å². The summed E-state index contributed by atoms with van der Waals surface area (Å²) in [6.45, 7) is 4.57. The third-order valence-corrected chi connectivity index (χ3v) is 4.04. The Morgan fingerprint density at radius 3 is 1.36 bits per heavy atom. The summed E-state index contributed by atoms with van der Waals surface area (Å²) < 4.78 is 47.1. The lowest BCUT2D eigenvalue weighted by molar-refractivity contribution is 0.0171. The standard InChI is InChI=1S/C22H36O11/c1-25-4-6-28-8-10-30-12-14-32-19-16-18(22(24)27-3)17-20(21(19)23)33-15-13-31-11-9-29-7-5-26-2/h16-17,23H,4-15H2,1-3H3. The van der Waals surface area contributed by atoms with Gasteiger partial charge in [-0.15, -0.1) is 0 Å². The van der Waals surface area contributed by atoms with Crippen molar-refractivity contribution in [3.63, 3.8) is 0 Å². The molecule has 1 aromatic rings. The predicted octanol–water partition coefficient (Wildman–Crippen LogP) is 1.30. The van der Waals surface area contributed by atoms with E-state index in [0.29, 0.717) is 52.9 Å². The van der Waals surface area contributed by atoms with E-state index in [-0.39, 0.29) is 49.2 Å². The van der Waals surface area contributed by atoms with Crippen LogP contribution >= 0.6 is 0 Å². The van der Waals surface area contributed by atoms with Crippen molar-refractivity contribution in [3.05, 3.63) is 17.7 Å². The number of methoxy groups -OCH3 is 3. The van der Waals surface area contributed by atoms with Gasteiger partial charge in [0.25, 0.3) is 0 Å². The van der Waals surface area contributed by atoms with Crippen LogP contribution < -0.4 is 9.47 Å². The van der Waals surface area contributed by atoms with Crippen molar-refractivity contribution in [2.24, 2.45) is 0 Å². The molecule has 0 unspecified atom stereocenters. The van der Waals surface area contributed by atoms with E-state index in [4.69, 9.17) is 42.6 Å². The summed E-state index contributed by atoms with van der Waals surface area (Å²) in [6.07, 6.45) is 0. The maximum Gasteiger partial charge on any atom is 0.338 e. The fraction of sp³-hybridized carbons (Fsp3) is 0.682. The highest BCUT2D eigenvalue weighted by Gasteiger charge is 2.17. The summed E-state index contributed by atoms with van der Waals surface area (Å²) in [5.41, 5.74) is 0.181. The number of hydrogen-bond donors (Lipinski definition) is 1. The number of benzene rings is 1. The number of phenolic OH excluding ortho intramolecular Hbond substituents is 1. The van der Waals surface area contributed by atoms with Gasteiger partial charge in [0.05, 0.1) is 78.7 Å². The fourth-order valence-electron chi connectivity index (χ4n) is 2.39. The van der Waals surface area contributed by atoms with E-state index in [2.05, 4.69) is 0 Å². The molecule has 0 radical (unpaired) electrons. The smallest absolute Gasteiger partial charge is 0.338 e. The van der Waals surface area contributed by atoms with E-state index >= 15 is 0 Å². The van der Waals surface area contributed by atoms with Crippen molar-refractivity contribution < 1.29 is 52.5 Å². The summed E-state index contributed by atoms with van der Waals surface area (Å²) in [4.78, 5) is 12.0. The van der Waals surface area contributed by atoms with Gasteiger partial charge in [-0.25, -0.2) is 4.79 Å². The summed E-state index contributed by atoms with van der Waals surface area (Å²) in [6, 6.07) is 2.77. The van der Waals surface area contributed by atoms with Crippen molar-refractivity contribution in [1.82, 2.24) is 0 Å². The van der Waals surface area contributed by atoms with Crippen LogP contribution in [0.1, 0.15) is 10.4 Å². The average Bonchev–Trinajstić information content (AvgIpc) is 2.83. The van der Waals surface area contributed by atoms with Gasteiger partial charge >= 0.3 is 5.97 Å². The molecule has 0 atom stereocenters. The summed E-state index contributed by atoms with van der Waals surface area (Å²) >= 11 is 0. The average molecular weight is 477 g/mol. The number of aromatic hydroxyl groups is 1. The molecule has 0 bridgehead atoms. The number of hydrogen-bond acceptors (Lipinski definition) is 11. The topological polar surface area (TPSA) is 120 Å². The minimum absolute atomic E-state index is 0.0836. The molecule has 11 nitrogen and oxygen atoms in total. The second-order valence-electron chi connectivity index (χ2n) is 6.44. The zero-order valence-corrected chi connectivity index (χ0v) is 19.7. The highest BCUT2D eigenvalue weighted by atomic mass is 16.6. The number of carbonyl (C=O) groups excluding carboxylic acids is 1. The van der Waals surface area contributed by atoms with E-state index in [0.717, 1.165) is 0 Å². The van der Waals surface area contributed by atoms with Crippen LogP contribution in [0.3, 0.4) is 0 Å². The van der Waals surface area contributed by atoms with Gasteiger partial charge in [-0.05, 0) is 12.1 Å². The minimum atomic E-state index is -0.585. The molecule has 0 aliphatic heterocycles. The number of ether oxygens (including phenoxy) is 9. The second-order valence-corrected chi connectivity index (χ2v) is 6.44. The first-order valence-corrected chi connectivity index (χ1v) is 10.6. The summed E-state index contributed by atoms with van der Waals surface area (Å²) in [5, 5.41) is 10.5. The van der Waals surface area contributed by atoms with Crippen molar-refractivity contribution in [2.45, 2.75) is 0 Å². The van der Waals surface area contributed by atoms with E-state index in [9.17, 15) is 9.90 Å². The van der Waals surface area contributed by atoms with Gasteiger partial charge in [-0.1, -0.05) is 0 Å². The molecule has 1 aromatic carbocycles. The van der Waals surface area contributed by atoms with Gasteiger partial charge in [0, 0.05) is 14.2 Å². The Labute approximate surface area is 194 Å². The Kier molecular flexibility index (Phi) is 16.9. The maximum atomic E-state index is 12.0. The zero-order valence-electron chi connectivity index (χ0n) is 19.7. The third-order valence-electron chi connectivity index (χ3n) is 4.04. The first-order valence-electron chi connectivity index (χ1n) is 10.6. The van der Waals surface area contributed by atoms with Crippen LogP contribution in [-0.2, 0) is 33.2 Å².